The molecule has 0 amide bonds. The number of aliphatic imine (C=N–C) groups is 1. The van der Waals surface area contributed by atoms with Crippen LogP contribution in [-0.4, -0.2) is 41.3 Å². The summed E-state index contributed by atoms with van der Waals surface area (Å²) in [6, 6.07) is 3.66. The second-order valence-electron chi connectivity index (χ2n) is 5.40. The third kappa shape index (κ3) is 6.14. The van der Waals surface area contributed by atoms with Gasteiger partial charge in [-0.25, -0.2) is 4.98 Å². The van der Waals surface area contributed by atoms with Crippen LogP contribution in [0.2, 0.25) is 0 Å². The lowest BCUT2D eigenvalue weighted by Crippen LogP contribution is -2.40. The lowest BCUT2D eigenvalue weighted by Gasteiger charge is -2.16. The highest BCUT2D eigenvalue weighted by Crippen LogP contribution is 2.14. The van der Waals surface area contributed by atoms with E-state index in [2.05, 4.69) is 44.7 Å². The summed E-state index contributed by atoms with van der Waals surface area (Å²) in [6.45, 7) is 6.10. The first-order valence-corrected chi connectivity index (χ1v) is 8.16. The Balaban J connectivity index is 0.00000288. The fourth-order valence-corrected chi connectivity index (χ4v) is 2.26. The molecule has 3 N–H and O–H groups in total. The number of H-pyrrole nitrogens is 1. The molecule has 134 valence electrons. The van der Waals surface area contributed by atoms with E-state index >= 15 is 0 Å². The fourth-order valence-electron chi connectivity index (χ4n) is 2.26. The molecule has 2 aromatic heterocycles. The Morgan fingerprint density at radius 2 is 2.12 bits per heavy atom. The minimum absolute atomic E-state index is 0. The molecule has 0 atom stereocenters. The van der Waals surface area contributed by atoms with E-state index in [4.69, 9.17) is 4.42 Å². The van der Waals surface area contributed by atoms with E-state index < -0.39 is 0 Å². The Labute approximate surface area is 160 Å². The van der Waals surface area contributed by atoms with Crippen molar-refractivity contribution >= 4 is 29.9 Å². The van der Waals surface area contributed by atoms with Crippen molar-refractivity contribution < 1.29 is 4.42 Å². The second-order valence-corrected chi connectivity index (χ2v) is 5.40. The van der Waals surface area contributed by atoms with Crippen LogP contribution in [0, 0.1) is 5.92 Å². The van der Waals surface area contributed by atoms with E-state index in [-0.39, 0.29) is 24.0 Å². The zero-order valence-corrected chi connectivity index (χ0v) is 16.8. The van der Waals surface area contributed by atoms with Crippen LogP contribution in [0.25, 0.3) is 11.6 Å². The van der Waals surface area contributed by atoms with Crippen molar-refractivity contribution in [2.75, 3.05) is 20.1 Å². The van der Waals surface area contributed by atoms with Gasteiger partial charge in [-0.3, -0.25) is 10.1 Å². The maximum atomic E-state index is 5.28. The maximum Gasteiger partial charge on any atom is 0.216 e. The molecule has 2 aromatic rings. The highest BCUT2D eigenvalue weighted by molar-refractivity contribution is 14.0. The SMILES string of the molecule is CCC(CC)CNC(=NC)NCCc1nc(-c2ccco2)n[nH]1.I. The Morgan fingerprint density at radius 3 is 2.75 bits per heavy atom. The number of hydrogen-bond acceptors (Lipinski definition) is 4. The number of furan rings is 1. The van der Waals surface area contributed by atoms with Crippen molar-refractivity contribution in [3.05, 3.63) is 24.2 Å². The summed E-state index contributed by atoms with van der Waals surface area (Å²) in [4.78, 5) is 8.65. The van der Waals surface area contributed by atoms with Gasteiger partial charge in [-0.1, -0.05) is 26.7 Å². The predicted molar refractivity (Wildman–Crippen MR) is 107 cm³/mol. The van der Waals surface area contributed by atoms with Crippen LogP contribution < -0.4 is 10.6 Å². The Bertz CT molecular complexity index is 591. The van der Waals surface area contributed by atoms with Crippen LogP contribution in [0.1, 0.15) is 32.5 Å². The van der Waals surface area contributed by atoms with Gasteiger partial charge in [0.1, 0.15) is 5.82 Å². The van der Waals surface area contributed by atoms with Gasteiger partial charge in [-0.2, -0.15) is 5.10 Å². The van der Waals surface area contributed by atoms with Crippen molar-refractivity contribution in [1.82, 2.24) is 25.8 Å². The van der Waals surface area contributed by atoms with E-state index in [0.717, 1.165) is 31.3 Å². The number of hydrogen-bond donors (Lipinski definition) is 3. The molecule has 2 rings (SSSR count). The topological polar surface area (TPSA) is 91.1 Å². The molecule has 0 aliphatic heterocycles. The van der Waals surface area contributed by atoms with E-state index in [1.165, 1.54) is 12.8 Å². The number of rotatable bonds is 8. The van der Waals surface area contributed by atoms with E-state index in [0.29, 0.717) is 17.5 Å². The second kappa shape index (κ2) is 11.1. The Hall–Kier alpha value is -1.58. The summed E-state index contributed by atoms with van der Waals surface area (Å²) >= 11 is 0. The fraction of sp³-hybridized carbons (Fsp3) is 0.562. The monoisotopic (exact) mass is 446 g/mol. The van der Waals surface area contributed by atoms with Gasteiger partial charge < -0.3 is 15.1 Å². The molecule has 0 aliphatic rings. The third-order valence-corrected chi connectivity index (χ3v) is 3.86. The molecule has 0 spiro atoms. The minimum atomic E-state index is 0. The molecule has 7 nitrogen and oxygen atoms in total. The molecule has 0 saturated heterocycles. The summed E-state index contributed by atoms with van der Waals surface area (Å²) in [7, 11) is 1.78. The quantitative estimate of drug-likeness (QED) is 0.330. The molecule has 0 saturated carbocycles. The van der Waals surface area contributed by atoms with Crippen molar-refractivity contribution in [1.29, 1.82) is 0 Å². The van der Waals surface area contributed by atoms with Gasteiger partial charge in [-0.05, 0) is 18.1 Å². The first kappa shape index (κ1) is 20.5. The molecule has 8 heteroatoms. The van der Waals surface area contributed by atoms with E-state index in [1.807, 2.05) is 12.1 Å². The van der Waals surface area contributed by atoms with Gasteiger partial charge in [0.15, 0.2) is 11.7 Å². The molecule has 0 aliphatic carbocycles. The van der Waals surface area contributed by atoms with E-state index in [9.17, 15) is 0 Å². The van der Waals surface area contributed by atoms with Crippen molar-refractivity contribution in [3.63, 3.8) is 0 Å². The van der Waals surface area contributed by atoms with Crippen molar-refractivity contribution in [2.45, 2.75) is 33.1 Å². The van der Waals surface area contributed by atoms with Crippen LogP contribution >= 0.6 is 24.0 Å². The lowest BCUT2D eigenvalue weighted by molar-refractivity contribution is 0.481. The van der Waals surface area contributed by atoms with Crippen LogP contribution in [0.3, 0.4) is 0 Å². The summed E-state index contributed by atoms with van der Waals surface area (Å²) in [5.41, 5.74) is 0. The van der Waals surface area contributed by atoms with Crippen LogP contribution in [0.5, 0.6) is 0 Å². The van der Waals surface area contributed by atoms with E-state index in [1.54, 1.807) is 13.3 Å². The molecular weight excluding hydrogens is 419 g/mol. The normalized spacial score (nSPS) is 11.4. The highest BCUT2D eigenvalue weighted by atomic mass is 127. The van der Waals surface area contributed by atoms with Gasteiger partial charge >= 0.3 is 0 Å². The summed E-state index contributed by atoms with van der Waals surface area (Å²) in [5.74, 6) is 3.57. The highest BCUT2D eigenvalue weighted by Gasteiger charge is 2.08. The van der Waals surface area contributed by atoms with Gasteiger partial charge in [0.05, 0.1) is 6.26 Å². The van der Waals surface area contributed by atoms with Gasteiger partial charge in [-0.15, -0.1) is 24.0 Å². The molecule has 2 heterocycles. The molecule has 0 fully saturated rings. The third-order valence-electron chi connectivity index (χ3n) is 3.86. The molecule has 0 unspecified atom stereocenters. The van der Waals surface area contributed by atoms with Gasteiger partial charge in [0, 0.05) is 26.6 Å². The first-order chi connectivity index (χ1) is 11.3. The van der Waals surface area contributed by atoms with Crippen LogP contribution in [-0.2, 0) is 6.42 Å². The summed E-state index contributed by atoms with van der Waals surface area (Å²) < 4.78 is 5.28. The number of aromatic amines is 1. The zero-order chi connectivity index (χ0) is 16.5. The molecule has 24 heavy (non-hydrogen) atoms. The van der Waals surface area contributed by atoms with Crippen LogP contribution in [0.4, 0.5) is 0 Å². The number of nitrogens with zero attached hydrogens (tertiary/aromatic N) is 3. The number of aromatic nitrogens is 3. The average Bonchev–Trinajstić information content (AvgIpc) is 3.25. The summed E-state index contributed by atoms with van der Waals surface area (Å²) in [5, 5.41) is 13.7. The van der Waals surface area contributed by atoms with Crippen molar-refractivity contribution in [3.8, 4) is 11.6 Å². The Kier molecular flexibility index (Phi) is 9.43. The average molecular weight is 446 g/mol. The number of halogens is 1. The Morgan fingerprint density at radius 1 is 1.33 bits per heavy atom. The number of guanidine groups is 1. The maximum absolute atomic E-state index is 5.28. The minimum Gasteiger partial charge on any atom is -0.461 e. The molecule has 0 bridgehead atoms. The lowest BCUT2D eigenvalue weighted by atomic mass is 10.0. The molecule has 0 radical (unpaired) electrons. The number of nitrogens with one attached hydrogen (secondary N) is 3. The van der Waals surface area contributed by atoms with Gasteiger partial charge in [0.25, 0.3) is 0 Å². The largest absolute Gasteiger partial charge is 0.461 e. The molecule has 0 aromatic carbocycles. The predicted octanol–water partition coefficient (Wildman–Crippen LogP) is 2.83. The summed E-state index contributed by atoms with van der Waals surface area (Å²) in [6.07, 6.45) is 4.70. The standard InChI is InChI=1S/C16H26N6O.HI/c1-4-12(5-2)11-19-16(17-3)18-9-8-14-20-15(22-21-14)13-7-6-10-23-13;/h6-7,10,12H,4-5,8-9,11H2,1-3H3,(H2,17,18,19)(H,20,21,22);1H. The van der Waals surface area contributed by atoms with Crippen LogP contribution in [0.15, 0.2) is 27.8 Å². The first-order valence-electron chi connectivity index (χ1n) is 8.16. The molecular formula is C16H27IN6O. The van der Waals surface area contributed by atoms with Crippen molar-refractivity contribution in [2.24, 2.45) is 10.9 Å². The smallest absolute Gasteiger partial charge is 0.216 e. The van der Waals surface area contributed by atoms with Gasteiger partial charge in [0.2, 0.25) is 5.82 Å². The zero-order valence-electron chi connectivity index (χ0n) is 14.5.